The summed E-state index contributed by atoms with van der Waals surface area (Å²) in [5.41, 5.74) is -4.18. The summed E-state index contributed by atoms with van der Waals surface area (Å²) < 4.78 is 85.9. The van der Waals surface area contributed by atoms with Crippen LogP contribution in [0, 0.1) is 0 Å². The maximum Gasteiger partial charge on any atom is 0.416 e. The Morgan fingerprint density at radius 3 is 2.08 bits per heavy atom. The van der Waals surface area contributed by atoms with Crippen LogP contribution in [0.5, 0.6) is 0 Å². The highest BCUT2D eigenvalue weighted by Gasteiger charge is 2.40. The van der Waals surface area contributed by atoms with Crippen molar-refractivity contribution in [2.24, 2.45) is 0 Å². The first kappa shape index (κ1) is 28.5. The summed E-state index contributed by atoms with van der Waals surface area (Å²) in [6, 6.07) is 10.3. The van der Waals surface area contributed by atoms with Crippen molar-refractivity contribution in [2.75, 3.05) is 13.2 Å². The molecular formula is C27H28F6N2O2. The van der Waals surface area contributed by atoms with E-state index >= 15 is 0 Å². The van der Waals surface area contributed by atoms with Gasteiger partial charge in [0, 0.05) is 13.0 Å². The van der Waals surface area contributed by atoms with Gasteiger partial charge in [0.05, 0.1) is 34.9 Å². The SMILES string of the molecule is C=CC(CO[C@H](C)c1cc(C(F)(F)F)cc(C(F)(F)F)c1)(NC[C@]1(C=C)CCC(=O)N1)c1ccccc1. The predicted molar refractivity (Wildman–Crippen MR) is 127 cm³/mol. The average Bonchev–Trinajstić information content (AvgIpc) is 3.24. The molecule has 0 radical (unpaired) electrons. The molecule has 10 heteroatoms. The third-order valence-electron chi connectivity index (χ3n) is 6.57. The van der Waals surface area contributed by atoms with Crippen molar-refractivity contribution in [3.8, 4) is 0 Å². The van der Waals surface area contributed by atoms with Gasteiger partial charge in [-0.05, 0) is 42.7 Å². The zero-order valence-electron chi connectivity index (χ0n) is 20.2. The zero-order chi connectivity index (χ0) is 27.5. The number of ether oxygens (including phenoxy) is 1. The first-order valence-electron chi connectivity index (χ1n) is 11.5. The minimum atomic E-state index is -4.96. The molecule has 1 saturated heterocycles. The molecule has 2 aromatic carbocycles. The van der Waals surface area contributed by atoms with Gasteiger partial charge in [-0.25, -0.2) is 0 Å². The molecule has 1 aliphatic heterocycles. The van der Waals surface area contributed by atoms with Gasteiger partial charge in [0.25, 0.3) is 0 Å². The number of hydrogen-bond donors (Lipinski definition) is 2. The number of benzene rings is 2. The summed E-state index contributed by atoms with van der Waals surface area (Å²) in [6.45, 7) is 9.19. The van der Waals surface area contributed by atoms with Crippen LogP contribution in [0.15, 0.2) is 73.8 Å². The van der Waals surface area contributed by atoms with Crippen LogP contribution in [0.3, 0.4) is 0 Å². The van der Waals surface area contributed by atoms with Crippen molar-refractivity contribution in [3.05, 3.63) is 96.1 Å². The number of amides is 1. The van der Waals surface area contributed by atoms with Crippen molar-refractivity contribution < 1.29 is 35.9 Å². The van der Waals surface area contributed by atoms with Crippen LogP contribution in [-0.4, -0.2) is 24.6 Å². The topological polar surface area (TPSA) is 50.4 Å². The molecule has 2 aromatic rings. The van der Waals surface area contributed by atoms with Gasteiger partial charge in [-0.1, -0.05) is 42.5 Å². The second kappa shape index (κ2) is 10.7. The van der Waals surface area contributed by atoms with E-state index in [-0.39, 0.29) is 30.7 Å². The Kier molecular flexibility index (Phi) is 8.24. The number of nitrogens with one attached hydrogen (secondary N) is 2. The second-order valence-electron chi connectivity index (χ2n) is 9.10. The normalized spacial score (nSPS) is 20.7. The average molecular weight is 527 g/mol. The molecule has 1 unspecified atom stereocenters. The zero-order valence-corrected chi connectivity index (χ0v) is 20.2. The van der Waals surface area contributed by atoms with Crippen molar-refractivity contribution in [3.63, 3.8) is 0 Å². The van der Waals surface area contributed by atoms with Crippen molar-refractivity contribution >= 4 is 5.91 Å². The van der Waals surface area contributed by atoms with Gasteiger partial charge < -0.3 is 10.1 Å². The Balaban J connectivity index is 1.91. The maximum absolute atomic E-state index is 13.3. The van der Waals surface area contributed by atoms with Crippen molar-refractivity contribution in [2.45, 2.75) is 49.3 Å². The molecule has 0 saturated carbocycles. The summed E-state index contributed by atoms with van der Waals surface area (Å²) in [5.74, 6) is -0.125. The fraction of sp³-hybridized carbons (Fsp3) is 0.370. The van der Waals surface area contributed by atoms with Gasteiger partial charge in [0.15, 0.2) is 0 Å². The van der Waals surface area contributed by atoms with E-state index in [1.54, 1.807) is 42.5 Å². The molecule has 4 nitrogen and oxygen atoms in total. The van der Waals surface area contributed by atoms with Gasteiger partial charge in [0.1, 0.15) is 0 Å². The molecule has 1 amide bonds. The maximum atomic E-state index is 13.3. The van der Waals surface area contributed by atoms with Gasteiger partial charge in [-0.2, -0.15) is 26.3 Å². The number of carbonyl (C=O) groups is 1. The molecule has 1 aliphatic rings. The Labute approximate surface area is 211 Å². The van der Waals surface area contributed by atoms with E-state index < -0.39 is 40.7 Å². The van der Waals surface area contributed by atoms with E-state index in [9.17, 15) is 31.1 Å². The summed E-state index contributed by atoms with van der Waals surface area (Å²) in [4.78, 5) is 11.9. The van der Waals surface area contributed by atoms with Crippen LogP contribution in [-0.2, 0) is 27.4 Å². The van der Waals surface area contributed by atoms with Crippen LogP contribution in [0.2, 0.25) is 0 Å². The first-order chi connectivity index (χ1) is 17.2. The van der Waals surface area contributed by atoms with Crippen LogP contribution >= 0.6 is 0 Å². The van der Waals surface area contributed by atoms with E-state index in [0.29, 0.717) is 30.5 Å². The summed E-state index contributed by atoms with van der Waals surface area (Å²) in [5, 5.41) is 6.23. The summed E-state index contributed by atoms with van der Waals surface area (Å²) in [6.07, 6.45) is -7.01. The highest BCUT2D eigenvalue weighted by molar-refractivity contribution is 5.80. The molecule has 3 rings (SSSR count). The van der Waals surface area contributed by atoms with Crippen LogP contribution in [0.4, 0.5) is 26.3 Å². The third-order valence-corrected chi connectivity index (χ3v) is 6.57. The Morgan fingerprint density at radius 1 is 1.03 bits per heavy atom. The minimum absolute atomic E-state index is 0.0837. The molecule has 3 atom stereocenters. The van der Waals surface area contributed by atoms with Gasteiger partial charge in [-0.3, -0.25) is 10.1 Å². The standard InChI is InChI=1S/C27H28F6N2O2/c1-4-24(12-11-23(36)35-24)16-34-25(5-2,20-9-7-6-8-10-20)17-37-18(3)19-13-21(26(28,29)30)15-22(14-19)27(31,32)33/h4-10,13-15,18,34H,1-2,11-12,16-17H2,3H3,(H,35,36)/t18-,24+,25?/m1/s1. The molecule has 0 spiro atoms. The van der Waals surface area contributed by atoms with E-state index in [0.717, 1.165) is 0 Å². The van der Waals surface area contributed by atoms with Crippen LogP contribution in [0.25, 0.3) is 0 Å². The lowest BCUT2D eigenvalue weighted by atomic mass is 9.88. The lowest BCUT2D eigenvalue weighted by Crippen LogP contribution is -2.55. The summed E-state index contributed by atoms with van der Waals surface area (Å²) in [7, 11) is 0. The van der Waals surface area contributed by atoms with E-state index in [2.05, 4.69) is 23.8 Å². The predicted octanol–water partition coefficient (Wildman–Crippen LogP) is 6.31. The molecule has 37 heavy (non-hydrogen) atoms. The van der Waals surface area contributed by atoms with Crippen molar-refractivity contribution in [1.29, 1.82) is 0 Å². The lowest BCUT2D eigenvalue weighted by Gasteiger charge is -2.37. The molecular weight excluding hydrogens is 498 g/mol. The lowest BCUT2D eigenvalue weighted by molar-refractivity contribution is -0.143. The monoisotopic (exact) mass is 526 g/mol. The van der Waals surface area contributed by atoms with E-state index in [1.165, 1.54) is 6.92 Å². The first-order valence-corrected chi connectivity index (χ1v) is 11.5. The number of rotatable bonds is 10. The van der Waals surface area contributed by atoms with E-state index in [4.69, 9.17) is 4.74 Å². The Bertz CT molecular complexity index is 1100. The van der Waals surface area contributed by atoms with Crippen LogP contribution < -0.4 is 10.6 Å². The van der Waals surface area contributed by atoms with Crippen molar-refractivity contribution in [1.82, 2.24) is 10.6 Å². The smallest absolute Gasteiger partial charge is 0.371 e. The number of alkyl halides is 6. The largest absolute Gasteiger partial charge is 0.416 e. The van der Waals surface area contributed by atoms with E-state index in [1.807, 2.05) is 0 Å². The molecule has 2 N–H and O–H groups in total. The number of carbonyl (C=O) groups excluding carboxylic acids is 1. The van der Waals surface area contributed by atoms with Gasteiger partial charge >= 0.3 is 12.4 Å². The molecule has 200 valence electrons. The quantitative estimate of drug-likeness (QED) is 0.282. The molecule has 0 aromatic heterocycles. The molecule has 0 aliphatic carbocycles. The minimum Gasteiger partial charge on any atom is -0.371 e. The number of hydrogen-bond acceptors (Lipinski definition) is 3. The Morgan fingerprint density at radius 2 is 1.62 bits per heavy atom. The van der Waals surface area contributed by atoms with Crippen LogP contribution in [0.1, 0.15) is 48.1 Å². The molecule has 1 fully saturated rings. The fourth-order valence-corrected chi connectivity index (χ4v) is 4.20. The highest BCUT2D eigenvalue weighted by Crippen LogP contribution is 2.38. The van der Waals surface area contributed by atoms with Gasteiger partial charge in [0.2, 0.25) is 5.91 Å². The van der Waals surface area contributed by atoms with Gasteiger partial charge in [-0.15, -0.1) is 13.2 Å². The molecule has 1 heterocycles. The third kappa shape index (κ3) is 6.61. The summed E-state index contributed by atoms with van der Waals surface area (Å²) >= 11 is 0. The highest BCUT2D eigenvalue weighted by atomic mass is 19.4. The number of halogens is 6. The fourth-order valence-electron chi connectivity index (χ4n) is 4.20. The Hall–Kier alpha value is -3.11. The molecule has 0 bridgehead atoms. The second-order valence-corrected chi connectivity index (χ2v) is 9.10.